The molecular formula is C30H35F6N5O6. The third-order valence-corrected chi connectivity index (χ3v) is 6.90. The van der Waals surface area contributed by atoms with Crippen LogP contribution in [0.5, 0.6) is 5.75 Å². The van der Waals surface area contributed by atoms with Crippen molar-refractivity contribution in [3.63, 3.8) is 0 Å². The highest BCUT2D eigenvalue weighted by Crippen LogP contribution is 2.34. The Hall–Kier alpha value is -4.80. The number of H-pyrrole nitrogens is 1. The first kappa shape index (κ1) is 38.4. The molecule has 47 heavy (non-hydrogen) atoms. The fraction of sp³-hybridized carbons (Fsp3) is 0.400. The number of halogens is 6. The number of carboxylic acid groups (broad SMARTS) is 2. The van der Waals surface area contributed by atoms with Crippen LogP contribution in [0, 0.1) is 0 Å². The van der Waals surface area contributed by atoms with E-state index < -0.39 is 24.3 Å². The number of rotatable bonds is 8. The van der Waals surface area contributed by atoms with E-state index in [0.29, 0.717) is 18.9 Å². The minimum atomic E-state index is -5.08. The maximum atomic E-state index is 12.8. The van der Waals surface area contributed by atoms with Crippen LogP contribution in [0.1, 0.15) is 24.8 Å². The molecule has 11 nitrogen and oxygen atoms in total. The number of anilines is 2. The second-order valence-corrected chi connectivity index (χ2v) is 10.4. The van der Waals surface area contributed by atoms with Gasteiger partial charge < -0.3 is 30.1 Å². The highest BCUT2D eigenvalue weighted by atomic mass is 19.4. The zero-order valence-corrected chi connectivity index (χ0v) is 25.7. The van der Waals surface area contributed by atoms with Crippen LogP contribution in [0.15, 0.2) is 54.9 Å². The van der Waals surface area contributed by atoms with Gasteiger partial charge in [-0.05, 0) is 68.8 Å². The Bertz CT molecular complexity index is 1430. The van der Waals surface area contributed by atoms with Crippen molar-refractivity contribution in [2.24, 2.45) is 0 Å². The van der Waals surface area contributed by atoms with E-state index >= 15 is 0 Å². The lowest BCUT2D eigenvalue weighted by molar-refractivity contribution is -0.193. The zero-order valence-electron chi connectivity index (χ0n) is 25.7. The van der Waals surface area contributed by atoms with Crippen LogP contribution in [0.4, 0.5) is 37.7 Å². The van der Waals surface area contributed by atoms with Crippen molar-refractivity contribution in [1.82, 2.24) is 15.1 Å². The van der Waals surface area contributed by atoms with Crippen molar-refractivity contribution in [3.8, 4) is 16.9 Å². The number of hydrogen-bond acceptors (Lipinski definition) is 7. The lowest BCUT2D eigenvalue weighted by atomic mass is 10.0. The molecule has 2 aromatic carbocycles. The Morgan fingerprint density at radius 3 is 2.06 bits per heavy atom. The Kier molecular flexibility index (Phi) is 14.1. The summed E-state index contributed by atoms with van der Waals surface area (Å²) in [6.45, 7) is 1.93. The van der Waals surface area contributed by atoms with Gasteiger partial charge in [-0.3, -0.25) is 9.89 Å². The van der Waals surface area contributed by atoms with Crippen LogP contribution in [0.25, 0.3) is 11.1 Å². The van der Waals surface area contributed by atoms with Gasteiger partial charge in [0.1, 0.15) is 5.75 Å². The number of benzene rings is 2. The number of carbonyl (C=O) groups is 3. The van der Waals surface area contributed by atoms with E-state index in [0.717, 1.165) is 59.7 Å². The highest BCUT2D eigenvalue weighted by molar-refractivity contribution is 5.95. The quantitative estimate of drug-likeness (QED) is 0.229. The summed E-state index contributed by atoms with van der Waals surface area (Å²) in [5.74, 6) is -4.69. The first-order valence-corrected chi connectivity index (χ1v) is 14.0. The topological polar surface area (TPSA) is 148 Å². The number of aromatic nitrogens is 2. The third-order valence-electron chi connectivity index (χ3n) is 6.90. The van der Waals surface area contributed by atoms with Crippen molar-refractivity contribution >= 4 is 29.2 Å². The Morgan fingerprint density at radius 1 is 0.979 bits per heavy atom. The van der Waals surface area contributed by atoms with Crippen LogP contribution in [-0.4, -0.2) is 95.8 Å². The number of nitrogens with zero attached hydrogens (tertiary/aromatic N) is 3. The standard InChI is InChI=1S/C26H33N5O2.2C2HF3O2/c1-30(2)22-11-13-31(14-12-22)25-16-20(21-17-27-28-18-21)8-9-24(25)29-26(32)10-7-19-5-4-6-23(15-19)33-3;2*3-2(4,5)1(6)7/h4-6,8-9,15-18,22H,7,10-14H2,1-3H3,(H,27,28)(H,29,32);2*(H,6,7). The van der Waals surface area contributed by atoms with Gasteiger partial charge in [0.25, 0.3) is 0 Å². The summed E-state index contributed by atoms with van der Waals surface area (Å²) in [4.78, 5) is 35.3. The van der Waals surface area contributed by atoms with Gasteiger partial charge in [0.15, 0.2) is 0 Å². The number of aromatic amines is 1. The molecule has 0 saturated carbocycles. The summed E-state index contributed by atoms with van der Waals surface area (Å²) in [5, 5.41) is 24.4. The minimum absolute atomic E-state index is 0.0123. The number of nitrogens with one attached hydrogen (secondary N) is 2. The smallest absolute Gasteiger partial charge is 0.490 e. The molecule has 1 amide bonds. The molecule has 0 bridgehead atoms. The summed E-state index contributed by atoms with van der Waals surface area (Å²) in [5.41, 5.74) is 5.14. The SMILES string of the molecule is COc1cccc(CCC(=O)Nc2ccc(-c3cn[nH]c3)cc2N2CCC(N(C)C)CC2)c1.O=C(O)C(F)(F)F.O=C(O)C(F)(F)F. The van der Waals surface area contributed by atoms with E-state index in [2.05, 4.69) is 45.5 Å². The molecule has 1 aliphatic heterocycles. The van der Waals surface area contributed by atoms with E-state index in [1.54, 1.807) is 7.11 Å². The molecular weight excluding hydrogens is 640 g/mol. The van der Waals surface area contributed by atoms with Gasteiger partial charge in [0, 0.05) is 37.3 Å². The first-order valence-electron chi connectivity index (χ1n) is 14.0. The predicted molar refractivity (Wildman–Crippen MR) is 160 cm³/mol. The normalized spacial score (nSPS) is 13.5. The van der Waals surface area contributed by atoms with E-state index in [1.165, 1.54) is 0 Å². The van der Waals surface area contributed by atoms with E-state index in [9.17, 15) is 31.1 Å². The number of aliphatic carboxylic acids is 2. The van der Waals surface area contributed by atoms with Crippen molar-refractivity contribution in [2.45, 2.75) is 44.1 Å². The van der Waals surface area contributed by atoms with Gasteiger partial charge in [0.2, 0.25) is 5.91 Å². The number of hydrogen-bond donors (Lipinski definition) is 4. The van der Waals surface area contributed by atoms with Crippen molar-refractivity contribution in [3.05, 3.63) is 60.4 Å². The molecule has 0 radical (unpaired) electrons. The summed E-state index contributed by atoms with van der Waals surface area (Å²) >= 11 is 0. The molecule has 1 aromatic heterocycles. The van der Waals surface area contributed by atoms with Crippen LogP contribution in [0.3, 0.4) is 0 Å². The Balaban J connectivity index is 0.000000459. The van der Waals surface area contributed by atoms with Gasteiger partial charge in [-0.2, -0.15) is 31.4 Å². The largest absolute Gasteiger partial charge is 0.497 e. The third kappa shape index (κ3) is 12.8. The lowest BCUT2D eigenvalue weighted by Gasteiger charge is -2.37. The molecule has 4 N–H and O–H groups in total. The number of aryl methyl sites for hydroxylation is 1. The molecule has 258 valence electrons. The molecule has 0 unspecified atom stereocenters. The van der Waals surface area contributed by atoms with Gasteiger partial charge in [-0.15, -0.1) is 0 Å². The molecule has 0 atom stereocenters. The van der Waals surface area contributed by atoms with Crippen molar-refractivity contribution < 1.29 is 55.7 Å². The number of alkyl halides is 6. The number of carboxylic acids is 2. The molecule has 2 heterocycles. The fourth-order valence-corrected chi connectivity index (χ4v) is 4.41. The van der Waals surface area contributed by atoms with Crippen LogP contribution < -0.4 is 15.0 Å². The average Bonchev–Trinajstić information content (AvgIpc) is 3.55. The average molecular weight is 676 g/mol. The number of methoxy groups -OCH3 is 1. The van der Waals surface area contributed by atoms with Crippen LogP contribution in [0.2, 0.25) is 0 Å². The predicted octanol–water partition coefficient (Wildman–Crippen LogP) is 5.45. The highest BCUT2D eigenvalue weighted by Gasteiger charge is 2.38. The molecule has 1 saturated heterocycles. The molecule has 3 aromatic rings. The lowest BCUT2D eigenvalue weighted by Crippen LogP contribution is -2.42. The van der Waals surface area contributed by atoms with Crippen LogP contribution >= 0.6 is 0 Å². The summed E-state index contributed by atoms with van der Waals surface area (Å²) in [6.07, 6.45) is -3.16. The molecule has 17 heteroatoms. The summed E-state index contributed by atoms with van der Waals surface area (Å²) in [7, 11) is 5.95. The number of piperidine rings is 1. The van der Waals surface area contributed by atoms with Crippen LogP contribution in [-0.2, 0) is 20.8 Å². The fourth-order valence-electron chi connectivity index (χ4n) is 4.41. The second-order valence-electron chi connectivity index (χ2n) is 10.4. The van der Waals surface area contributed by atoms with E-state index in [1.807, 2.05) is 48.8 Å². The Labute approximate surface area is 266 Å². The summed E-state index contributed by atoms with van der Waals surface area (Å²) in [6, 6.07) is 14.7. The molecule has 0 aliphatic carbocycles. The maximum Gasteiger partial charge on any atom is 0.490 e. The Morgan fingerprint density at radius 2 is 1.57 bits per heavy atom. The molecule has 4 rings (SSSR count). The summed E-state index contributed by atoms with van der Waals surface area (Å²) < 4.78 is 68.8. The van der Waals surface area contributed by atoms with Gasteiger partial charge in [-0.25, -0.2) is 9.59 Å². The van der Waals surface area contributed by atoms with Gasteiger partial charge >= 0.3 is 24.3 Å². The maximum absolute atomic E-state index is 12.8. The molecule has 0 spiro atoms. The first-order chi connectivity index (χ1) is 21.9. The molecule has 1 fully saturated rings. The minimum Gasteiger partial charge on any atom is -0.497 e. The van der Waals surface area contributed by atoms with E-state index in [-0.39, 0.29) is 5.91 Å². The zero-order chi connectivity index (χ0) is 35.4. The van der Waals surface area contributed by atoms with Gasteiger partial charge in [0.05, 0.1) is 24.7 Å². The number of amides is 1. The second kappa shape index (κ2) is 17.2. The van der Waals surface area contributed by atoms with Crippen molar-refractivity contribution in [2.75, 3.05) is 44.5 Å². The molecule has 1 aliphatic rings. The monoisotopic (exact) mass is 675 g/mol. The number of ether oxygens (including phenoxy) is 1. The van der Waals surface area contributed by atoms with Gasteiger partial charge in [-0.1, -0.05) is 18.2 Å². The van der Waals surface area contributed by atoms with E-state index in [4.69, 9.17) is 24.5 Å². The number of carbonyl (C=O) groups excluding carboxylic acids is 1. The van der Waals surface area contributed by atoms with Crippen molar-refractivity contribution in [1.29, 1.82) is 0 Å².